The van der Waals surface area contributed by atoms with Gasteiger partial charge in [-0.3, -0.25) is 9.69 Å². The van der Waals surface area contributed by atoms with E-state index in [1.807, 2.05) is 65.2 Å². The van der Waals surface area contributed by atoms with E-state index >= 15 is 0 Å². The third-order valence-electron chi connectivity index (χ3n) is 5.35. The maximum atomic E-state index is 12.7. The fraction of sp³-hybridized carbons (Fsp3) is 0.333. The maximum absolute atomic E-state index is 12.7. The van der Waals surface area contributed by atoms with Crippen molar-refractivity contribution in [2.45, 2.75) is 32.4 Å². The van der Waals surface area contributed by atoms with Crippen molar-refractivity contribution in [3.8, 4) is 16.9 Å². The average molecular weight is 389 g/mol. The molecule has 5 heteroatoms. The van der Waals surface area contributed by atoms with Crippen LogP contribution in [0.4, 0.5) is 0 Å². The minimum Gasteiger partial charge on any atom is -0.339 e. The third-order valence-corrected chi connectivity index (χ3v) is 5.35. The third kappa shape index (κ3) is 4.57. The first-order chi connectivity index (χ1) is 14.2. The van der Waals surface area contributed by atoms with Crippen molar-refractivity contribution >= 4 is 5.91 Å². The van der Waals surface area contributed by atoms with Crippen LogP contribution < -0.4 is 0 Å². The molecule has 3 aromatic rings. The zero-order chi connectivity index (χ0) is 20.2. The number of aromatic nitrogens is 2. The van der Waals surface area contributed by atoms with Gasteiger partial charge in [-0.1, -0.05) is 48.5 Å². The zero-order valence-electron chi connectivity index (χ0n) is 17.2. The molecule has 0 unspecified atom stereocenters. The Hall–Kier alpha value is -2.92. The van der Waals surface area contributed by atoms with E-state index in [0.717, 1.165) is 41.9 Å². The number of carbonyl (C=O) groups excluding carboxylic acids is 1. The minimum absolute atomic E-state index is 0.217. The number of hydrogen-bond donors (Lipinski definition) is 0. The smallest absolute Gasteiger partial charge is 0.236 e. The second-order valence-corrected chi connectivity index (χ2v) is 7.73. The molecule has 2 aromatic carbocycles. The topological polar surface area (TPSA) is 41.4 Å². The number of hydrogen-bond acceptors (Lipinski definition) is 3. The van der Waals surface area contributed by atoms with Crippen molar-refractivity contribution in [1.29, 1.82) is 0 Å². The van der Waals surface area contributed by atoms with Gasteiger partial charge in [0.1, 0.15) is 0 Å². The summed E-state index contributed by atoms with van der Waals surface area (Å²) in [6.45, 7) is 3.95. The highest BCUT2D eigenvalue weighted by atomic mass is 16.2. The highest BCUT2D eigenvalue weighted by Crippen LogP contribution is 2.27. The molecule has 1 aliphatic rings. The first-order valence-electron chi connectivity index (χ1n) is 10.3. The van der Waals surface area contributed by atoms with Crippen LogP contribution in [0.25, 0.3) is 16.9 Å². The van der Waals surface area contributed by atoms with E-state index in [1.54, 1.807) is 0 Å². The molecule has 0 spiro atoms. The summed E-state index contributed by atoms with van der Waals surface area (Å²) in [6, 6.07) is 20.8. The standard InChI is InChI=1S/C24H28N4O/c1-3-27(21-14-15-21)23(29)18-26(2)16-20-17-28(22-12-8-5-9-13-22)25-24(20)19-10-6-4-7-11-19/h4-13,17,21H,3,14-16,18H2,1-2H3. The van der Waals surface area contributed by atoms with Crippen molar-refractivity contribution < 1.29 is 4.79 Å². The fourth-order valence-electron chi connectivity index (χ4n) is 3.77. The van der Waals surface area contributed by atoms with E-state index in [4.69, 9.17) is 5.10 Å². The molecule has 0 atom stereocenters. The van der Waals surface area contributed by atoms with Crippen molar-refractivity contribution in [3.05, 3.63) is 72.4 Å². The lowest BCUT2D eigenvalue weighted by Gasteiger charge is -2.24. The van der Waals surface area contributed by atoms with Crippen LogP contribution in [-0.4, -0.2) is 51.7 Å². The molecule has 1 heterocycles. The summed E-state index contributed by atoms with van der Waals surface area (Å²) in [5.41, 5.74) is 4.19. The highest BCUT2D eigenvalue weighted by Gasteiger charge is 2.31. The van der Waals surface area contributed by atoms with Gasteiger partial charge in [-0.2, -0.15) is 5.10 Å². The van der Waals surface area contributed by atoms with Crippen LogP contribution >= 0.6 is 0 Å². The predicted molar refractivity (Wildman–Crippen MR) is 116 cm³/mol. The molecule has 1 fully saturated rings. The van der Waals surface area contributed by atoms with Gasteiger partial charge < -0.3 is 4.90 Å². The van der Waals surface area contributed by atoms with Gasteiger partial charge in [0.05, 0.1) is 17.9 Å². The number of rotatable bonds is 8. The average Bonchev–Trinajstić information content (AvgIpc) is 3.49. The van der Waals surface area contributed by atoms with Crippen LogP contribution in [0.3, 0.4) is 0 Å². The Labute approximate surface area is 172 Å². The van der Waals surface area contributed by atoms with Gasteiger partial charge in [0.25, 0.3) is 0 Å². The number of benzene rings is 2. The Morgan fingerprint density at radius 1 is 1.07 bits per heavy atom. The second-order valence-electron chi connectivity index (χ2n) is 7.73. The summed E-state index contributed by atoms with van der Waals surface area (Å²) in [5.74, 6) is 0.217. The number of amides is 1. The SMILES string of the molecule is CCN(C(=O)CN(C)Cc1cn(-c2ccccc2)nc1-c1ccccc1)C1CC1. The van der Waals surface area contributed by atoms with Crippen LogP contribution in [0.5, 0.6) is 0 Å². The normalized spacial score (nSPS) is 13.6. The Bertz CT molecular complexity index is 948. The van der Waals surface area contributed by atoms with E-state index < -0.39 is 0 Å². The lowest BCUT2D eigenvalue weighted by atomic mass is 10.1. The van der Waals surface area contributed by atoms with E-state index in [2.05, 4.69) is 30.2 Å². The first-order valence-corrected chi connectivity index (χ1v) is 10.3. The molecule has 0 bridgehead atoms. The largest absolute Gasteiger partial charge is 0.339 e. The van der Waals surface area contributed by atoms with Gasteiger partial charge in [-0.15, -0.1) is 0 Å². The van der Waals surface area contributed by atoms with E-state index in [0.29, 0.717) is 19.1 Å². The Kier molecular flexibility index (Phi) is 5.76. The zero-order valence-corrected chi connectivity index (χ0v) is 17.2. The molecule has 0 N–H and O–H groups in total. The molecule has 1 aliphatic carbocycles. The second kappa shape index (κ2) is 8.62. The van der Waals surface area contributed by atoms with Gasteiger partial charge in [0.15, 0.2) is 0 Å². The Morgan fingerprint density at radius 3 is 2.34 bits per heavy atom. The van der Waals surface area contributed by atoms with Crippen LogP contribution in [0, 0.1) is 0 Å². The van der Waals surface area contributed by atoms with Crippen LogP contribution in [0.15, 0.2) is 66.9 Å². The first kappa shape index (κ1) is 19.4. The highest BCUT2D eigenvalue weighted by molar-refractivity contribution is 5.79. The Balaban J connectivity index is 1.56. The van der Waals surface area contributed by atoms with E-state index in [1.165, 1.54) is 0 Å². The fourth-order valence-corrected chi connectivity index (χ4v) is 3.77. The maximum Gasteiger partial charge on any atom is 0.236 e. The summed E-state index contributed by atoms with van der Waals surface area (Å²) in [7, 11) is 2.01. The summed E-state index contributed by atoms with van der Waals surface area (Å²) in [5, 5.41) is 4.87. The van der Waals surface area contributed by atoms with Gasteiger partial charge in [0, 0.05) is 36.5 Å². The van der Waals surface area contributed by atoms with Crippen molar-refractivity contribution in [1.82, 2.24) is 19.6 Å². The molecule has 0 radical (unpaired) electrons. The Morgan fingerprint density at radius 2 is 1.72 bits per heavy atom. The molecular weight excluding hydrogens is 360 g/mol. The summed E-state index contributed by atoms with van der Waals surface area (Å²) in [6.07, 6.45) is 4.37. The minimum atomic E-state index is 0.217. The molecule has 4 rings (SSSR count). The molecular formula is C24H28N4O. The number of likely N-dealkylation sites (N-methyl/N-ethyl adjacent to an activating group) is 2. The molecule has 0 saturated heterocycles. The molecule has 1 aromatic heterocycles. The summed E-state index contributed by atoms with van der Waals surface area (Å²) >= 11 is 0. The number of carbonyl (C=O) groups is 1. The summed E-state index contributed by atoms with van der Waals surface area (Å²) < 4.78 is 1.93. The monoisotopic (exact) mass is 388 g/mol. The number of nitrogens with zero attached hydrogens (tertiary/aromatic N) is 4. The van der Waals surface area contributed by atoms with E-state index in [9.17, 15) is 4.79 Å². The van der Waals surface area contributed by atoms with Crippen LogP contribution in [-0.2, 0) is 11.3 Å². The molecule has 29 heavy (non-hydrogen) atoms. The molecule has 5 nitrogen and oxygen atoms in total. The number of para-hydroxylation sites is 1. The molecule has 1 saturated carbocycles. The van der Waals surface area contributed by atoms with Crippen molar-refractivity contribution in [2.75, 3.05) is 20.1 Å². The van der Waals surface area contributed by atoms with E-state index in [-0.39, 0.29) is 5.91 Å². The predicted octanol–water partition coefficient (Wildman–Crippen LogP) is 3.98. The van der Waals surface area contributed by atoms with Gasteiger partial charge in [0.2, 0.25) is 5.91 Å². The summed E-state index contributed by atoms with van der Waals surface area (Å²) in [4.78, 5) is 16.8. The van der Waals surface area contributed by atoms with Crippen molar-refractivity contribution in [2.24, 2.45) is 0 Å². The molecule has 150 valence electrons. The lowest BCUT2D eigenvalue weighted by molar-refractivity contribution is -0.132. The van der Waals surface area contributed by atoms with Gasteiger partial charge >= 0.3 is 0 Å². The molecule has 1 amide bonds. The van der Waals surface area contributed by atoms with Crippen LogP contribution in [0.2, 0.25) is 0 Å². The quantitative estimate of drug-likeness (QED) is 0.586. The van der Waals surface area contributed by atoms with Gasteiger partial charge in [-0.25, -0.2) is 4.68 Å². The van der Waals surface area contributed by atoms with Gasteiger partial charge in [-0.05, 0) is 38.9 Å². The van der Waals surface area contributed by atoms with Crippen LogP contribution in [0.1, 0.15) is 25.3 Å². The lowest BCUT2D eigenvalue weighted by Crippen LogP contribution is -2.40. The van der Waals surface area contributed by atoms with Crippen molar-refractivity contribution in [3.63, 3.8) is 0 Å². The molecule has 0 aliphatic heterocycles.